The van der Waals surface area contributed by atoms with Crippen molar-refractivity contribution >= 4 is 16.9 Å². The van der Waals surface area contributed by atoms with Crippen molar-refractivity contribution in [1.29, 1.82) is 0 Å². The van der Waals surface area contributed by atoms with E-state index in [1.54, 1.807) is 6.20 Å². The standard InChI is InChI=1S/C25H27F3N6O/c1-14-6-29-21-18(31-14)5-20(32-22(21)23-11-24(12-23,13-23)25(26,27)28)33-8-15(2)35-19(10-33)16-7-30-34(9-16)17-3-4-17/h5-7,9,15,17,19H,3-4,8,10-13H2,1-2H3/t15-,19+,23?,24?/m1/s1. The maximum atomic E-state index is 13.6. The van der Waals surface area contributed by atoms with Crippen LogP contribution in [0.3, 0.4) is 0 Å². The Labute approximate surface area is 200 Å². The molecule has 0 N–H and O–H groups in total. The van der Waals surface area contributed by atoms with E-state index in [0.29, 0.717) is 35.9 Å². The van der Waals surface area contributed by atoms with E-state index in [0.717, 1.165) is 29.9 Å². The molecule has 1 saturated heterocycles. The van der Waals surface area contributed by atoms with Crippen LogP contribution in [0.5, 0.6) is 0 Å². The van der Waals surface area contributed by atoms with Gasteiger partial charge in [-0.1, -0.05) is 0 Å². The summed E-state index contributed by atoms with van der Waals surface area (Å²) < 4.78 is 49.0. The molecule has 184 valence electrons. The quantitative estimate of drug-likeness (QED) is 0.529. The summed E-state index contributed by atoms with van der Waals surface area (Å²) in [7, 11) is 0. The Morgan fingerprint density at radius 1 is 1.09 bits per heavy atom. The van der Waals surface area contributed by atoms with Gasteiger partial charge >= 0.3 is 6.18 Å². The molecule has 8 rings (SSSR count). The second-order valence-corrected chi connectivity index (χ2v) is 11.1. The topological polar surface area (TPSA) is 69.0 Å². The van der Waals surface area contributed by atoms with Gasteiger partial charge in [-0.15, -0.1) is 0 Å². The number of morpholine rings is 1. The largest absolute Gasteiger partial charge is 0.394 e. The first kappa shape index (κ1) is 21.5. The molecule has 4 aliphatic carbocycles. The van der Waals surface area contributed by atoms with Crippen LogP contribution in [0.25, 0.3) is 11.0 Å². The molecule has 0 spiro atoms. The highest BCUT2D eigenvalue weighted by Crippen LogP contribution is 2.78. The Hall–Kier alpha value is -2.75. The van der Waals surface area contributed by atoms with Crippen LogP contribution in [-0.4, -0.2) is 50.1 Å². The van der Waals surface area contributed by atoms with Gasteiger partial charge in [0.25, 0.3) is 0 Å². The predicted molar refractivity (Wildman–Crippen MR) is 122 cm³/mol. The highest BCUT2D eigenvalue weighted by Gasteiger charge is 2.79. The molecule has 10 heteroatoms. The second-order valence-electron chi connectivity index (χ2n) is 11.1. The molecule has 0 unspecified atom stereocenters. The predicted octanol–water partition coefficient (Wildman–Crippen LogP) is 4.82. The number of hydrogen-bond donors (Lipinski definition) is 0. The van der Waals surface area contributed by atoms with Crippen LogP contribution in [0.2, 0.25) is 0 Å². The number of halogens is 3. The SMILES string of the molecule is Cc1cnc2c(C34CC(C(F)(F)F)(C3)C4)nc(N3C[C@@H](C)O[C@H](c4cnn(C5CC5)c4)C3)cc2n1. The van der Waals surface area contributed by atoms with E-state index in [1.807, 2.05) is 30.8 Å². The zero-order valence-electron chi connectivity index (χ0n) is 19.7. The zero-order chi connectivity index (χ0) is 24.2. The fourth-order valence-corrected chi connectivity index (χ4v) is 6.35. The first-order valence-electron chi connectivity index (χ1n) is 12.3. The smallest absolute Gasteiger partial charge is 0.367 e. The van der Waals surface area contributed by atoms with Crippen molar-refractivity contribution in [2.75, 3.05) is 18.0 Å². The van der Waals surface area contributed by atoms with Gasteiger partial charge in [0.15, 0.2) is 0 Å². The summed E-state index contributed by atoms with van der Waals surface area (Å²) >= 11 is 0. The number of ether oxygens (including phenoxy) is 1. The molecule has 35 heavy (non-hydrogen) atoms. The highest BCUT2D eigenvalue weighted by molar-refractivity contribution is 5.81. The van der Waals surface area contributed by atoms with Crippen molar-refractivity contribution in [3.8, 4) is 0 Å². The van der Waals surface area contributed by atoms with Crippen molar-refractivity contribution in [2.24, 2.45) is 5.41 Å². The molecule has 3 aromatic rings. The van der Waals surface area contributed by atoms with E-state index in [1.165, 1.54) is 0 Å². The third-order valence-corrected chi connectivity index (χ3v) is 8.27. The van der Waals surface area contributed by atoms with E-state index in [4.69, 9.17) is 9.72 Å². The molecule has 1 aliphatic heterocycles. The van der Waals surface area contributed by atoms with Crippen molar-refractivity contribution in [1.82, 2.24) is 24.7 Å². The van der Waals surface area contributed by atoms with Crippen LogP contribution in [0.4, 0.5) is 19.0 Å². The van der Waals surface area contributed by atoms with Crippen LogP contribution in [-0.2, 0) is 10.2 Å². The minimum absolute atomic E-state index is 0.0361. The first-order chi connectivity index (χ1) is 16.6. The molecule has 0 radical (unpaired) electrons. The number of aromatic nitrogens is 5. The van der Waals surface area contributed by atoms with Gasteiger partial charge in [0.05, 0.1) is 47.2 Å². The Morgan fingerprint density at radius 3 is 2.57 bits per heavy atom. The van der Waals surface area contributed by atoms with Crippen molar-refractivity contribution in [3.05, 3.63) is 41.6 Å². The van der Waals surface area contributed by atoms with E-state index in [2.05, 4.69) is 26.2 Å². The molecular weight excluding hydrogens is 457 g/mol. The van der Waals surface area contributed by atoms with Gasteiger partial charge in [-0.05, 0) is 46.0 Å². The molecular formula is C25H27F3N6O. The van der Waals surface area contributed by atoms with E-state index in [-0.39, 0.29) is 31.5 Å². The van der Waals surface area contributed by atoms with Gasteiger partial charge in [-0.2, -0.15) is 18.3 Å². The lowest BCUT2D eigenvalue weighted by Gasteiger charge is -2.70. The number of rotatable bonds is 4. The summed E-state index contributed by atoms with van der Waals surface area (Å²) in [4.78, 5) is 16.4. The monoisotopic (exact) mass is 484 g/mol. The normalized spacial score (nSPS) is 32.4. The molecule has 7 nitrogen and oxygen atoms in total. The fraction of sp³-hybridized carbons (Fsp3) is 0.600. The number of pyridine rings is 1. The summed E-state index contributed by atoms with van der Waals surface area (Å²) in [6.07, 6.45) is 3.87. The lowest BCUT2D eigenvalue weighted by atomic mass is 9.34. The maximum absolute atomic E-state index is 13.6. The highest BCUT2D eigenvalue weighted by atomic mass is 19.4. The van der Waals surface area contributed by atoms with Crippen LogP contribution in [0.15, 0.2) is 24.7 Å². The van der Waals surface area contributed by atoms with Crippen LogP contribution in [0.1, 0.15) is 68.1 Å². The minimum Gasteiger partial charge on any atom is -0.367 e. The van der Waals surface area contributed by atoms with E-state index < -0.39 is 17.0 Å². The Bertz CT molecular complexity index is 1310. The first-order valence-corrected chi connectivity index (χ1v) is 12.3. The number of anilines is 1. The van der Waals surface area contributed by atoms with Gasteiger partial charge < -0.3 is 9.64 Å². The Morgan fingerprint density at radius 2 is 1.86 bits per heavy atom. The summed E-state index contributed by atoms with van der Waals surface area (Å²) in [6.45, 7) is 5.14. The Balaban J connectivity index is 1.24. The van der Waals surface area contributed by atoms with Gasteiger partial charge in [-0.3, -0.25) is 9.67 Å². The van der Waals surface area contributed by atoms with Crippen LogP contribution in [0, 0.1) is 12.3 Å². The fourth-order valence-electron chi connectivity index (χ4n) is 6.35. The maximum Gasteiger partial charge on any atom is 0.394 e. The summed E-state index contributed by atoms with van der Waals surface area (Å²) in [5.74, 6) is 0.730. The molecule has 3 aromatic heterocycles. The van der Waals surface area contributed by atoms with E-state index in [9.17, 15) is 13.2 Å². The number of aryl methyl sites for hydroxylation is 1. The van der Waals surface area contributed by atoms with Gasteiger partial charge in [0.2, 0.25) is 0 Å². The third kappa shape index (κ3) is 3.21. The lowest BCUT2D eigenvalue weighted by molar-refractivity contribution is -0.337. The molecule has 0 aromatic carbocycles. The van der Waals surface area contributed by atoms with Crippen LogP contribution < -0.4 is 4.90 Å². The summed E-state index contributed by atoms with van der Waals surface area (Å²) in [5, 5.41) is 4.52. The van der Waals surface area contributed by atoms with Gasteiger partial charge in [0.1, 0.15) is 17.4 Å². The molecule has 4 saturated carbocycles. The van der Waals surface area contributed by atoms with Crippen LogP contribution >= 0.6 is 0 Å². The minimum atomic E-state index is -4.16. The molecule has 5 fully saturated rings. The summed E-state index contributed by atoms with van der Waals surface area (Å²) in [6, 6.07) is 2.42. The number of alkyl halides is 3. The van der Waals surface area contributed by atoms with E-state index >= 15 is 0 Å². The molecule has 2 atom stereocenters. The third-order valence-electron chi connectivity index (χ3n) is 8.27. The number of nitrogens with zero attached hydrogens (tertiary/aromatic N) is 6. The molecule has 0 amide bonds. The van der Waals surface area contributed by atoms with Gasteiger partial charge in [-0.25, -0.2) is 9.97 Å². The summed E-state index contributed by atoms with van der Waals surface area (Å²) in [5.41, 5.74) is 1.68. The molecule has 2 bridgehead atoms. The van der Waals surface area contributed by atoms with Crippen molar-refractivity contribution in [3.63, 3.8) is 0 Å². The number of fused-ring (bicyclic) bond motifs is 1. The molecule has 4 heterocycles. The molecule has 5 aliphatic rings. The van der Waals surface area contributed by atoms with Gasteiger partial charge in [0, 0.05) is 36.0 Å². The lowest BCUT2D eigenvalue weighted by Crippen LogP contribution is -2.70. The second kappa shape index (κ2) is 6.93. The zero-order valence-corrected chi connectivity index (χ0v) is 19.7. The van der Waals surface area contributed by atoms with Crippen molar-refractivity contribution in [2.45, 2.75) is 75.8 Å². The Kier molecular flexibility index (Phi) is 4.26. The average molecular weight is 485 g/mol. The average Bonchev–Trinajstić information content (AvgIpc) is 3.46. The van der Waals surface area contributed by atoms with Crippen molar-refractivity contribution < 1.29 is 17.9 Å². The number of hydrogen-bond acceptors (Lipinski definition) is 6.